The molecule has 0 saturated heterocycles. The molecule has 0 radical (unpaired) electrons. The number of nitrogens with zero attached hydrogens (tertiary/aromatic N) is 1. The Kier molecular flexibility index (Phi) is 10.6. The first-order valence-corrected chi connectivity index (χ1v) is 14.0. The lowest BCUT2D eigenvalue weighted by molar-refractivity contribution is -0.0573. The fourth-order valence-electron chi connectivity index (χ4n) is 8.67. The molecule has 0 heterocycles. The molecule has 0 spiro atoms. The van der Waals surface area contributed by atoms with Crippen LogP contribution in [0.15, 0.2) is 11.6 Å². The van der Waals surface area contributed by atoms with Crippen molar-refractivity contribution >= 4 is 17.0 Å². The van der Waals surface area contributed by atoms with E-state index in [0.29, 0.717) is 10.8 Å². The van der Waals surface area contributed by atoms with Crippen LogP contribution in [0.1, 0.15) is 105 Å². The number of fused-ring (bicyclic) bond motifs is 5. The molecule has 4 aliphatic rings. The first kappa shape index (κ1) is 29.4. The van der Waals surface area contributed by atoms with E-state index in [0.717, 1.165) is 48.3 Å². The van der Waals surface area contributed by atoms with Gasteiger partial charge in [0, 0.05) is 0 Å². The fourth-order valence-corrected chi connectivity index (χ4v) is 8.67. The van der Waals surface area contributed by atoms with Gasteiger partial charge in [0.25, 0.3) is 0 Å². The van der Waals surface area contributed by atoms with Crippen LogP contribution in [0.4, 0.5) is 0 Å². The Hall–Kier alpha value is 0.140. The normalized spacial score (nSPS) is 40.6. The van der Waals surface area contributed by atoms with E-state index < -0.39 is 0 Å². The molecule has 3 saturated carbocycles. The zero-order valence-corrected chi connectivity index (χ0v) is 24.9. The topological polar surface area (TPSA) is 23.5 Å². The van der Waals surface area contributed by atoms with Crippen LogP contribution >= 0.6 is 17.0 Å². The second kappa shape index (κ2) is 11.9. The molecular formula is C30H56BrNO. The van der Waals surface area contributed by atoms with Crippen molar-refractivity contribution in [2.45, 2.75) is 111 Å². The van der Waals surface area contributed by atoms with Crippen LogP contribution < -0.4 is 0 Å². The van der Waals surface area contributed by atoms with Gasteiger partial charge in [0.1, 0.15) is 0 Å². The average molecular weight is 527 g/mol. The monoisotopic (exact) mass is 525 g/mol. The van der Waals surface area contributed by atoms with E-state index in [2.05, 4.69) is 40.7 Å². The highest BCUT2D eigenvalue weighted by molar-refractivity contribution is 8.93. The summed E-state index contributed by atoms with van der Waals surface area (Å²) in [5.41, 5.74) is 2.60. The molecule has 3 fully saturated rings. The summed E-state index contributed by atoms with van der Waals surface area (Å²) in [4.78, 5) is 2.00. The van der Waals surface area contributed by atoms with Crippen LogP contribution in [0.25, 0.3) is 0 Å². The van der Waals surface area contributed by atoms with Gasteiger partial charge in [-0.15, -0.1) is 17.0 Å². The van der Waals surface area contributed by atoms with Crippen LogP contribution in [-0.2, 0) is 0 Å². The molecule has 33 heavy (non-hydrogen) atoms. The second-order valence-electron chi connectivity index (χ2n) is 13.5. The summed E-state index contributed by atoms with van der Waals surface area (Å²) in [5.74, 6) is 5.46. The maximum atomic E-state index is 10.2. The van der Waals surface area contributed by atoms with Crippen molar-refractivity contribution in [3.8, 4) is 0 Å². The van der Waals surface area contributed by atoms with E-state index in [1.165, 1.54) is 57.8 Å². The molecule has 0 aromatic carbocycles. The summed E-state index contributed by atoms with van der Waals surface area (Å²) in [6, 6.07) is 0. The third-order valence-corrected chi connectivity index (χ3v) is 10.3. The van der Waals surface area contributed by atoms with E-state index in [-0.39, 0.29) is 23.1 Å². The summed E-state index contributed by atoms with van der Waals surface area (Å²) in [7, 11) is 6.00. The number of aliphatic hydroxyl groups excluding tert-OH is 1. The van der Waals surface area contributed by atoms with Crippen LogP contribution in [-0.4, -0.2) is 37.3 Å². The summed E-state index contributed by atoms with van der Waals surface area (Å²) in [5, 5.41) is 10.2. The molecule has 4 rings (SSSR count). The van der Waals surface area contributed by atoms with Gasteiger partial charge in [0.2, 0.25) is 0 Å². The number of aliphatic hydroxyl groups is 1. The molecule has 4 aliphatic carbocycles. The van der Waals surface area contributed by atoms with Crippen molar-refractivity contribution < 1.29 is 5.11 Å². The van der Waals surface area contributed by atoms with Crippen LogP contribution in [0.2, 0.25) is 0 Å². The second-order valence-corrected chi connectivity index (χ2v) is 13.5. The number of hydrogen-bond acceptors (Lipinski definition) is 2. The Labute approximate surface area is 217 Å². The van der Waals surface area contributed by atoms with Gasteiger partial charge < -0.3 is 10.0 Å². The number of allylic oxidation sites excluding steroid dienone is 1. The first-order valence-electron chi connectivity index (χ1n) is 14.0. The molecule has 0 aliphatic heterocycles. The Morgan fingerprint density at radius 3 is 2.27 bits per heavy atom. The Bertz CT molecular complexity index is 642. The van der Waals surface area contributed by atoms with Gasteiger partial charge in [-0.2, -0.15) is 0 Å². The van der Waals surface area contributed by atoms with Gasteiger partial charge in [-0.05, 0) is 119 Å². The van der Waals surface area contributed by atoms with E-state index in [4.69, 9.17) is 0 Å². The summed E-state index contributed by atoms with van der Waals surface area (Å²) < 4.78 is 0. The van der Waals surface area contributed by atoms with Crippen molar-refractivity contribution in [1.82, 2.24) is 4.90 Å². The van der Waals surface area contributed by atoms with E-state index in [1.54, 1.807) is 5.57 Å². The number of rotatable bonds is 5. The minimum Gasteiger partial charge on any atom is -0.393 e. The van der Waals surface area contributed by atoms with Gasteiger partial charge in [-0.3, -0.25) is 0 Å². The van der Waals surface area contributed by atoms with Gasteiger partial charge in [-0.25, -0.2) is 0 Å². The van der Waals surface area contributed by atoms with Crippen molar-refractivity contribution in [1.29, 1.82) is 0 Å². The van der Waals surface area contributed by atoms with Gasteiger partial charge >= 0.3 is 0 Å². The molecule has 0 aromatic heterocycles. The molecule has 2 nitrogen and oxygen atoms in total. The molecule has 1 N–H and O–H groups in total. The Morgan fingerprint density at radius 2 is 1.64 bits per heavy atom. The van der Waals surface area contributed by atoms with Crippen molar-refractivity contribution in [2.24, 2.45) is 46.3 Å². The van der Waals surface area contributed by atoms with Crippen molar-refractivity contribution in [2.75, 3.05) is 21.1 Å². The molecule has 8 atom stereocenters. The third kappa shape index (κ3) is 6.29. The molecular weight excluding hydrogens is 470 g/mol. The number of hydrogen-bond donors (Lipinski definition) is 1. The summed E-state index contributed by atoms with van der Waals surface area (Å²) in [6.07, 6.45) is 17.2. The van der Waals surface area contributed by atoms with Crippen molar-refractivity contribution in [3.05, 3.63) is 11.6 Å². The maximum absolute atomic E-state index is 10.2. The SMILES string of the molecule is Br.CC(C)CCC[C@@H](C)[C@H]1CC[C@H]2[C@@H]3CC=C4C[C@@H](O)CC[C@]4(C)[C@H]3CC[C@]12C.CN(C)C. The zero-order chi connectivity index (χ0) is 23.7. The third-order valence-electron chi connectivity index (χ3n) is 10.3. The average Bonchev–Trinajstić information content (AvgIpc) is 3.05. The van der Waals surface area contributed by atoms with Crippen LogP contribution in [0, 0.1) is 46.3 Å². The Balaban J connectivity index is 0.000000714. The predicted octanol–water partition coefficient (Wildman–Crippen LogP) is 8.14. The molecule has 0 amide bonds. The molecule has 0 unspecified atom stereocenters. The van der Waals surface area contributed by atoms with E-state index in [9.17, 15) is 5.11 Å². The molecule has 0 bridgehead atoms. The minimum absolute atomic E-state index is 0. The van der Waals surface area contributed by atoms with Gasteiger partial charge in [0.05, 0.1) is 6.10 Å². The standard InChI is InChI=1S/C27H46O.C3H9N.BrH/c1-18(2)7-6-8-19(3)23-11-12-24-22-10-9-20-17-21(28)13-15-26(20,4)25(22)14-16-27(23,24)5;1-4(2)3;/h9,18-19,21-25,28H,6-8,10-17H2,1-5H3;1-3H3;1H/t19-,21+,22+,23-,24+,25+,26+,27-;;/m1../s1. The molecule has 194 valence electrons. The van der Waals surface area contributed by atoms with Gasteiger partial charge in [0.15, 0.2) is 0 Å². The highest BCUT2D eigenvalue weighted by atomic mass is 79.9. The minimum atomic E-state index is -0.0766. The smallest absolute Gasteiger partial charge is 0.0577 e. The lowest BCUT2D eigenvalue weighted by atomic mass is 9.47. The quantitative estimate of drug-likeness (QED) is 0.366. The lowest BCUT2D eigenvalue weighted by Gasteiger charge is -2.58. The molecule has 3 heteroatoms. The summed E-state index contributed by atoms with van der Waals surface area (Å²) in [6.45, 7) is 12.6. The number of halogens is 1. The van der Waals surface area contributed by atoms with E-state index in [1.807, 2.05) is 26.0 Å². The van der Waals surface area contributed by atoms with Crippen molar-refractivity contribution in [3.63, 3.8) is 0 Å². The predicted molar refractivity (Wildman–Crippen MR) is 149 cm³/mol. The van der Waals surface area contributed by atoms with Crippen LogP contribution in [0.3, 0.4) is 0 Å². The fraction of sp³-hybridized carbons (Fsp3) is 0.933. The summed E-state index contributed by atoms with van der Waals surface area (Å²) >= 11 is 0. The van der Waals surface area contributed by atoms with Gasteiger partial charge in [-0.1, -0.05) is 65.5 Å². The molecule has 0 aromatic rings. The highest BCUT2D eigenvalue weighted by Crippen LogP contribution is 2.67. The first-order chi connectivity index (χ1) is 15.0. The Morgan fingerprint density at radius 1 is 0.970 bits per heavy atom. The largest absolute Gasteiger partial charge is 0.393 e. The van der Waals surface area contributed by atoms with Crippen LogP contribution in [0.5, 0.6) is 0 Å². The zero-order valence-electron chi connectivity index (χ0n) is 23.2. The highest BCUT2D eigenvalue weighted by Gasteiger charge is 2.59. The maximum Gasteiger partial charge on any atom is 0.0577 e. The lowest BCUT2D eigenvalue weighted by Crippen LogP contribution is -2.50. The van der Waals surface area contributed by atoms with E-state index >= 15 is 0 Å².